The summed E-state index contributed by atoms with van der Waals surface area (Å²) in [5.74, 6) is 0.207. The summed E-state index contributed by atoms with van der Waals surface area (Å²) in [6, 6.07) is -1.12. The van der Waals surface area contributed by atoms with Gasteiger partial charge in [-0.2, -0.15) is 0 Å². The fourth-order valence-corrected chi connectivity index (χ4v) is 1.42. The van der Waals surface area contributed by atoms with Gasteiger partial charge in [0.1, 0.15) is 23.1 Å². The number of carbonyl (C=O) groups excluding carboxylic acids is 4. The van der Waals surface area contributed by atoms with E-state index < -0.39 is 0 Å². The van der Waals surface area contributed by atoms with Crippen molar-refractivity contribution in [2.24, 2.45) is 34.4 Å². The smallest absolute Gasteiger partial charge is 0.146 e. The van der Waals surface area contributed by atoms with Crippen molar-refractivity contribution in [2.75, 3.05) is 13.1 Å². The van der Waals surface area contributed by atoms with Crippen molar-refractivity contribution in [1.29, 1.82) is 0 Å². The zero-order valence-corrected chi connectivity index (χ0v) is 21.1. The predicted molar refractivity (Wildman–Crippen MR) is 132 cm³/mol. The summed E-state index contributed by atoms with van der Waals surface area (Å²) in [5, 5.41) is 0. The topological polar surface area (TPSA) is 224 Å². The number of unbranched alkanes of at least 4 members (excludes halogenated alkanes) is 2. The van der Waals surface area contributed by atoms with Crippen LogP contribution < -0.4 is 34.4 Å². The van der Waals surface area contributed by atoms with Crippen molar-refractivity contribution in [1.82, 2.24) is 0 Å². The van der Waals surface area contributed by atoms with Crippen LogP contribution in [0.2, 0.25) is 0 Å². The van der Waals surface area contributed by atoms with E-state index in [-0.39, 0.29) is 47.3 Å². The van der Waals surface area contributed by atoms with Crippen LogP contribution in [-0.2, 0) is 19.2 Å². The highest BCUT2D eigenvalue weighted by atomic mass is 16.1. The van der Waals surface area contributed by atoms with Gasteiger partial charge in [0.25, 0.3) is 0 Å². The van der Waals surface area contributed by atoms with Crippen molar-refractivity contribution >= 4 is 23.1 Å². The Morgan fingerprint density at radius 1 is 0.531 bits per heavy atom. The lowest BCUT2D eigenvalue weighted by molar-refractivity contribution is -0.119. The summed E-state index contributed by atoms with van der Waals surface area (Å²) in [6.45, 7) is 10.7. The van der Waals surface area contributed by atoms with E-state index in [2.05, 4.69) is 0 Å². The zero-order valence-electron chi connectivity index (χ0n) is 21.1. The van der Waals surface area contributed by atoms with Gasteiger partial charge in [0, 0.05) is 0 Å². The van der Waals surface area contributed by atoms with E-state index in [9.17, 15) is 19.2 Å². The molecule has 0 amide bonds. The third-order valence-electron chi connectivity index (χ3n) is 4.27. The fourth-order valence-electron chi connectivity index (χ4n) is 1.42. The van der Waals surface area contributed by atoms with E-state index in [1.54, 1.807) is 13.8 Å². The average Bonchev–Trinajstić information content (AvgIpc) is 2.69. The van der Waals surface area contributed by atoms with Gasteiger partial charge in [-0.05, 0) is 80.3 Å². The maximum atomic E-state index is 10.6. The molecule has 0 fully saturated rings. The summed E-state index contributed by atoms with van der Waals surface area (Å²) < 4.78 is 0. The van der Waals surface area contributed by atoms with Gasteiger partial charge in [-0.3, -0.25) is 19.2 Å². The van der Waals surface area contributed by atoms with Gasteiger partial charge >= 0.3 is 0 Å². The summed E-state index contributed by atoms with van der Waals surface area (Å²) in [5.41, 5.74) is 31.6. The van der Waals surface area contributed by atoms with Crippen molar-refractivity contribution in [3.8, 4) is 0 Å². The highest BCUT2D eigenvalue weighted by Gasteiger charge is 2.06. The first-order chi connectivity index (χ1) is 14.6. The van der Waals surface area contributed by atoms with Gasteiger partial charge in [0.2, 0.25) is 0 Å². The van der Waals surface area contributed by atoms with Crippen LogP contribution in [0.25, 0.3) is 0 Å². The van der Waals surface area contributed by atoms with Crippen LogP contribution in [0.15, 0.2) is 0 Å². The molecule has 0 aliphatic rings. The number of hydrogen-bond acceptors (Lipinski definition) is 10. The summed E-state index contributed by atoms with van der Waals surface area (Å²) in [4.78, 5) is 41.2. The molecular weight excluding hydrogens is 412 g/mol. The van der Waals surface area contributed by atoms with E-state index in [0.717, 1.165) is 38.5 Å². The molecule has 10 nitrogen and oxygen atoms in total. The Labute approximate surface area is 194 Å². The van der Waals surface area contributed by atoms with Gasteiger partial charge in [0.15, 0.2) is 0 Å². The highest BCUT2D eigenvalue weighted by molar-refractivity contribution is 5.81. The lowest BCUT2D eigenvalue weighted by Gasteiger charge is -2.05. The zero-order chi connectivity index (χ0) is 26.3. The monoisotopic (exact) mass is 462 g/mol. The Hall–Kier alpha value is -1.56. The Morgan fingerprint density at radius 3 is 0.875 bits per heavy atom. The first-order valence-corrected chi connectivity index (χ1v) is 11.1. The molecule has 0 aliphatic carbocycles. The molecule has 0 saturated heterocycles. The molecule has 0 saturated carbocycles. The van der Waals surface area contributed by atoms with Crippen molar-refractivity contribution in [3.63, 3.8) is 0 Å². The molecule has 32 heavy (non-hydrogen) atoms. The Balaban J connectivity index is -0.000000168. The van der Waals surface area contributed by atoms with Gasteiger partial charge in [0.05, 0.1) is 24.2 Å². The average molecular weight is 463 g/mol. The number of carbonyl (C=O) groups is 4. The van der Waals surface area contributed by atoms with Gasteiger partial charge in [-0.15, -0.1) is 0 Å². The molecule has 0 heterocycles. The maximum absolute atomic E-state index is 10.6. The van der Waals surface area contributed by atoms with Crippen molar-refractivity contribution < 1.29 is 19.2 Å². The molecule has 0 unspecified atom stereocenters. The molecule has 0 aromatic rings. The van der Waals surface area contributed by atoms with E-state index in [1.807, 2.05) is 0 Å². The molecule has 0 spiro atoms. The molecule has 12 N–H and O–H groups in total. The molecule has 0 radical (unpaired) electrons. The number of hydrogen-bond donors (Lipinski definition) is 6. The SMILES string of the molecule is CC(=O)[C@@H](C)N.CC(=O)[C@@H](N)CCCCN.CC(=O)[C@H](C)N.CC(=O)[C@H](N)CCCCN. The molecular formula is C22H50N6O4. The van der Waals surface area contributed by atoms with Gasteiger partial charge in [-0.1, -0.05) is 12.8 Å². The number of ketones is 4. The Bertz CT molecular complexity index is 455. The lowest BCUT2D eigenvalue weighted by atomic mass is 10.1. The predicted octanol–water partition coefficient (Wildman–Crippen LogP) is -0.0914. The van der Waals surface area contributed by atoms with Crippen LogP contribution >= 0.6 is 0 Å². The van der Waals surface area contributed by atoms with Gasteiger partial charge < -0.3 is 34.4 Å². The van der Waals surface area contributed by atoms with Crippen molar-refractivity contribution in [2.45, 2.75) is 104 Å². The molecule has 0 rings (SSSR count). The van der Waals surface area contributed by atoms with Crippen LogP contribution in [0.5, 0.6) is 0 Å². The van der Waals surface area contributed by atoms with E-state index in [4.69, 9.17) is 34.4 Å². The second-order valence-corrected chi connectivity index (χ2v) is 7.80. The fraction of sp³-hybridized carbons (Fsp3) is 0.818. The summed E-state index contributed by atoms with van der Waals surface area (Å²) >= 11 is 0. The van der Waals surface area contributed by atoms with Crippen molar-refractivity contribution in [3.05, 3.63) is 0 Å². The molecule has 0 aromatic heterocycles. The van der Waals surface area contributed by atoms with Crippen LogP contribution in [-0.4, -0.2) is 60.4 Å². The maximum Gasteiger partial charge on any atom is 0.146 e. The normalized spacial score (nSPS) is 13.4. The third-order valence-corrected chi connectivity index (χ3v) is 4.27. The third kappa shape index (κ3) is 35.9. The summed E-state index contributed by atoms with van der Waals surface area (Å²) in [7, 11) is 0. The van der Waals surface area contributed by atoms with E-state index >= 15 is 0 Å². The quantitative estimate of drug-likeness (QED) is 0.211. The molecule has 4 atom stereocenters. The molecule has 0 aliphatic heterocycles. The van der Waals surface area contributed by atoms with Gasteiger partial charge in [-0.25, -0.2) is 0 Å². The minimum absolute atomic E-state index is 0.0370. The highest BCUT2D eigenvalue weighted by Crippen LogP contribution is 1.98. The first kappa shape index (κ1) is 37.7. The number of Topliss-reactive ketones (excluding diaryl/α,β-unsaturated/α-hetero) is 4. The largest absolute Gasteiger partial charge is 0.330 e. The van der Waals surface area contributed by atoms with E-state index in [0.29, 0.717) is 13.1 Å². The number of nitrogens with two attached hydrogens (primary N) is 6. The minimum Gasteiger partial charge on any atom is -0.330 e. The second kappa shape index (κ2) is 25.7. The first-order valence-electron chi connectivity index (χ1n) is 11.1. The molecule has 192 valence electrons. The number of rotatable bonds is 12. The van der Waals surface area contributed by atoms with E-state index in [1.165, 1.54) is 27.7 Å². The minimum atomic E-state index is -0.287. The van der Waals surface area contributed by atoms with Crippen LogP contribution in [0.3, 0.4) is 0 Å². The van der Waals surface area contributed by atoms with Crippen LogP contribution in [0.4, 0.5) is 0 Å². The summed E-state index contributed by atoms with van der Waals surface area (Å²) in [6.07, 6.45) is 5.37. The Morgan fingerprint density at radius 2 is 0.750 bits per heavy atom. The second-order valence-electron chi connectivity index (χ2n) is 7.80. The molecule has 0 aromatic carbocycles. The van der Waals surface area contributed by atoms with Crippen LogP contribution in [0.1, 0.15) is 80.1 Å². The molecule has 10 heteroatoms. The lowest BCUT2D eigenvalue weighted by Crippen LogP contribution is -2.28. The van der Waals surface area contributed by atoms with Crippen LogP contribution in [0, 0.1) is 0 Å². The molecule has 0 bridgehead atoms. The Kier molecular flexibility index (Phi) is 30.3. The standard InChI is InChI=1S/2C7H16N2O.2C4H9NO/c2*1-6(10)7(9)4-2-3-5-8;2*1-3(5)4(2)6/h2*7H,2-5,8-9H2,1H3;2*3H,5H2,1-2H3/t2*7-;2*3-/m1010/s1.